The highest BCUT2D eigenvalue weighted by Crippen LogP contribution is 2.06. The van der Waals surface area contributed by atoms with Crippen molar-refractivity contribution in [1.29, 1.82) is 0 Å². The van der Waals surface area contributed by atoms with Crippen LogP contribution in [0.3, 0.4) is 0 Å². The number of hydrogen-bond donors (Lipinski definition) is 2. The van der Waals surface area contributed by atoms with Crippen LogP contribution in [-0.2, 0) is 0 Å². The molecule has 0 unspecified atom stereocenters. The molecule has 0 aliphatic heterocycles. The Bertz CT molecular complexity index is 374. The number of amides is 2. The largest absolute Gasteiger partial charge is 0.364 e. The maximum Gasteiger partial charge on any atom is 0.269 e. The molecule has 1 rings (SSSR count). The number of aromatic nitrogens is 2. The fourth-order valence-corrected chi connectivity index (χ4v) is 1.07. The van der Waals surface area contributed by atoms with E-state index in [4.69, 9.17) is 11.5 Å². The smallest absolute Gasteiger partial charge is 0.269 e. The van der Waals surface area contributed by atoms with Crippen molar-refractivity contribution in [2.75, 3.05) is 0 Å². The summed E-state index contributed by atoms with van der Waals surface area (Å²) in [4.78, 5) is 29.4. The van der Waals surface area contributed by atoms with E-state index >= 15 is 0 Å². The topological polar surface area (TPSA) is 112 Å². The van der Waals surface area contributed by atoms with Crippen LogP contribution in [-0.4, -0.2) is 21.8 Å². The zero-order valence-corrected chi connectivity index (χ0v) is 7.87. The number of carbonyl (C=O) groups excluding carboxylic acids is 2. The Kier molecular flexibility index (Phi) is 2.46. The lowest BCUT2D eigenvalue weighted by molar-refractivity contribution is 0.0978. The van der Waals surface area contributed by atoms with E-state index in [1.165, 1.54) is 0 Å². The molecule has 1 aromatic rings. The summed E-state index contributed by atoms with van der Waals surface area (Å²) in [5.74, 6) is -1.34. The van der Waals surface area contributed by atoms with E-state index in [0.29, 0.717) is 11.4 Å². The lowest BCUT2D eigenvalue weighted by atomic mass is 10.2. The van der Waals surface area contributed by atoms with Gasteiger partial charge in [0.05, 0.1) is 11.4 Å². The van der Waals surface area contributed by atoms with Crippen LogP contribution in [0, 0.1) is 13.8 Å². The summed E-state index contributed by atoms with van der Waals surface area (Å²) in [7, 11) is 0. The number of rotatable bonds is 2. The molecule has 0 fully saturated rings. The van der Waals surface area contributed by atoms with Gasteiger partial charge in [-0.1, -0.05) is 0 Å². The van der Waals surface area contributed by atoms with Gasteiger partial charge in [-0.05, 0) is 13.8 Å². The normalized spacial score (nSPS) is 9.86. The second-order valence-electron chi connectivity index (χ2n) is 2.82. The van der Waals surface area contributed by atoms with E-state index < -0.39 is 11.8 Å². The molecule has 0 aliphatic carbocycles. The van der Waals surface area contributed by atoms with E-state index in [2.05, 4.69) is 9.97 Å². The number of aryl methyl sites for hydroxylation is 2. The van der Waals surface area contributed by atoms with Crippen LogP contribution in [0.2, 0.25) is 0 Å². The molecule has 1 heterocycles. The Morgan fingerprint density at radius 2 is 1.21 bits per heavy atom. The van der Waals surface area contributed by atoms with E-state index in [1.807, 2.05) is 0 Å². The average molecular weight is 194 g/mol. The van der Waals surface area contributed by atoms with Gasteiger partial charge in [0.25, 0.3) is 11.8 Å². The molecule has 0 saturated heterocycles. The van der Waals surface area contributed by atoms with Crippen LogP contribution in [0.1, 0.15) is 32.4 Å². The number of primary amides is 2. The molecule has 6 heteroatoms. The first-order valence-corrected chi connectivity index (χ1v) is 3.88. The van der Waals surface area contributed by atoms with Gasteiger partial charge in [0.1, 0.15) is 11.4 Å². The maximum atomic E-state index is 10.9. The monoisotopic (exact) mass is 194 g/mol. The molecule has 2 amide bonds. The molecular weight excluding hydrogens is 184 g/mol. The van der Waals surface area contributed by atoms with Crippen LogP contribution in [0.4, 0.5) is 0 Å². The molecule has 0 radical (unpaired) electrons. The number of nitrogens with two attached hydrogens (primary N) is 2. The van der Waals surface area contributed by atoms with Gasteiger partial charge >= 0.3 is 0 Å². The number of hydrogen-bond acceptors (Lipinski definition) is 4. The Hall–Kier alpha value is -1.98. The third kappa shape index (κ3) is 1.68. The molecule has 0 atom stereocenters. The minimum Gasteiger partial charge on any atom is -0.364 e. The van der Waals surface area contributed by atoms with Crippen molar-refractivity contribution < 1.29 is 9.59 Å². The average Bonchev–Trinajstić information content (AvgIpc) is 2.07. The van der Waals surface area contributed by atoms with Gasteiger partial charge in [-0.15, -0.1) is 0 Å². The third-order valence-electron chi connectivity index (χ3n) is 1.71. The molecule has 0 spiro atoms. The molecule has 0 aliphatic rings. The highest BCUT2D eigenvalue weighted by atomic mass is 16.1. The summed E-state index contributed by atoms with van der Waals surface area (Å²) in [6.45, 7) is 3.08. The van der Waals surface area contributed by atoms with Gasteiger partial charge < -0.3 is 11.5 Å². The highest BCUT2D eigenvalue weighted by molar-refractivity contribution is 5.94. The highest BCUT2D eigenvalue weighted by Gasteiger charge is 2.14. The first-order valence-electron chi connectivity index (χ1n) is 3.88. The maximum absolute atomic E-state index is 10.9. The molecule has 0 bridgehead atoms. The lowest BCUT2D eigenvalue weighted by Crippen LogP contribution is -2.21. The minimum absolute atomic E-state index is 0.0625. The van der Waals surface area contributed by atoms with E-state index in [-0.39, 0.29) is 11.4 Å². The Balaban J connectivity index is 3.38. The van der Waals surface area contributed by atoms with Gasteiger partial charge in [0.15, 0.2) is 0 Å². The van der Waals surface area contributed by atoms with E-state index in [9.17, 15) is 9.59 Å². The van der Waals surface area contributed by atoms with Crippen molar-refractivity contribution in [3.05, 3.63) is 22.8 Å². The van der Waals surface area contributed by atoms with Gasteiger partial charge in [-0.25, -0.2) is 9.97 Å². The van der Waals surface area contributed by atoms with Crippen LogP contribution < -0.4 is 11.5 Å². The molecule has 0 saturated carbocycles. The predicted molar refractivity (Wildman–Crippen MR) is 48.5 cm³/mol. The Labute approximate surface area is 80.3 Å². The predicted octanol–water partition coefficient (Wildman–Crippen LogP) is -0.709. The van der Waals surface area contributed by atoms with Crippen molar-refractivity contribution in [3.8, 4) is 0 Å². The summed E-state index contributed by atoms with van der Waals surface area (Å²) in [6, 6.07) is 0. The number of carbonyl (C=O) groups is 2. The fraction of sp³-hybridized carbons (Fsp3) is 0.250. The van der Waals surface area contributed by atoms with Gasteiger partial charge in [0, 0.05) is 0 Å². The molecule has 1 aromatic heterocycles. The standard InChI is InChI=1S/C8H10N4O2/c1-3-5(7(9)13)12-4(2)6(11-3)8(10)14/h1-2H3,(H2,9,13)(H2,10,14). The van der Waals surface area contributed by atoms with E-state index in [0.717, 1.165) is 0 Å². The molecular formula is C8H10N4O2. The molecule has 14 heavy (non-hydrogen) atoms. The Morgan fingerprint density at radius 3 is 1.43 bits per heavy atom. The second-order valence-corrected chi connectivity index (χ2v) is 2.82. The van der Waals surface area contributed by atoms with Gasteiger partial charge in [-0.2, -0.15) is 0 Å². The van der Waals surface area contributed by atoms with Crippen LogP contribution in [0.25, 0.3) is 0 Å². The summed E-state index contributed by atoms with van der Waals surface area (Å²) < 4.78 is 0. The van der Waals surface area contributed by atoms with E-state index in [1.54, 1.807) is 13.8 Å². The van der Waals surface area contributed by atoms with Crippen molar-refractivity contribution in [3.63, 3.8) is 0 Å². The molecule has 0 aromatic carbocycles. The van der Waals surface area contributed by atoms with Crippen molar-refractivity contribution >= 4 is 11.8 Å². The minimum atomic E-state index is -0.672. The first-order chi connectivity index (χ1) is 6.43. The van der Waals surface area contributed by atoms with Crippen molar-refractivity contribution in [2.24, 2.45) is 11.5 Å². The third-order valence-corrected chi connectivity index (χ3v) is 1.71. The van der Waals surface area contributed by atoms with Crippen molar-refractivity contribution in [1.82, 2.24) is 9.97 Å². The second kappa shape index (κ2) is 3.41. The van der Waals surface area contributed by atoms with Crippen LogP contribution in [0.15, 0.2) is 0 Å². The lowest BCUT2D eigenvalue weighted by Gasteiger charge is -2.04. The SMILES string of the molecule is Cc1nc(C(N)=O)c(C)nc1C(N)=O. The van der Waals surface area contributed by atoms with Crippen molar-refractivity contribution in [2.45, 2.75) is 13.8 Å². The summed E-state index contributed by atoms with van der Waals surface area (Å²) in [5, 5.41) is 0. The molecule has 4 N–H and O–H groups in total. The van der Waals surface area contributed by atoms with Gasteiger partial charge in [0.2, 0.25) is 0 Å². The molecule has 74 valence electrons. The zero-order valence-electron chi connectivity index (χ0n) is 7.87. The summed E-state index contributed by atoms with van der Waals surface area (Å²) >= 11 is 0. The van der Waals surface area contributed by atoms with Crippen LogP contribution in [0.5, 0.6) is 0 Å². The zero-order chi connectivity index (χ0) is 10.9. The molecule has 6 nitrogen and oxygen atoms in total. The van der Waals surface area contributed by atoms with Crippen LogP contribution >= 0.6 is 0 Å². The fourth-order valence-electron chi connectivity index (χ4n) is 1.07. The first kappa shape index (κ1) is 10.1. The van der Waals surface area contributed by atoms with Gasteiger partial charge in [-0.3, -0.25) is 9.59 Å². The quantitative estimate of drug-likeness (QED) is 0.647. The summed E-state index contributed by atoms with van der Waals surface area (Å²) in [5.41, 5.74) is 10.8. The number of nitrogens with zero attached hydrogens (tertiary/aromatic N) is 2. The summed E-state index contributed by atoms with van der Waals surface area (Å²) in [6.07, 6.45) is 0. The Morgan fingerprint density at radius 1 is 0.929 bits per heavy atom.